The van der Waals surface area contributed by atoms with Gasteiger partial charge in [-0.2, -0.15) is 4.98 Å². The second-order valence-electron chi connectivity index (χ2n) is 14.3. The minimum Gasteiger partial charge on any atom is -0.496 e. The number of hydrogen-bond acceptors (Lipinski definition) is 8. The number of nitrogens with zero attached hydrogens (tertiary/aromatic N) is 6. The summed E-state index contributed by atoms with van der Waals surface area (Å²) in [5.74, 6) is 1.78. The van der Waals surface area contributed by atoms with Gasteiger partial charge in [0.1, 0.15) is 17.2 Å². The second-order valence-corrected chi connectivity index (χ2v) is 14.3. The van der Waals surface area contributed by atoms with Gasteiger partial charge in [0.25, 0.3) is 0 Å². The largest absolute Gasteiger partial charge is 0.496 e. The third-order valence-electron chi connectivity index (χ3n) is 9.04. The number of fused-ring (bicyclic) bond motifs is 1. The van der Waals surface area contributed by atoms with Gasteiger partial charge in [-0.3, -0.25) is 4.98 Å². The topological polar surface area (TPSA) is 103 Å². The van der Waals surface area contributed by atoms with Gasteiger partial charge in [-0.15, -0.1) is 0 Å². The predicted octanol–water partition coefficient (Wildman–Crippen LogP) is 6.91. The zero-order chi connectivity index (χ0) is 33.8. The van der Waals surface area contributed by atoms with Crippen LogP contribution in [0.1, 0.15) is 88.6 Å². The van der Waals surface area contributed by atoms with Gasteiger partial charge in [-0.25, -0.2) is 19.1 Å². The van der Waals surface area contributed by atoms with Crippen molar-refractivity contribution < 1.29 is 14.3 Å². The molecule has 0 N–H and O–H groups in total. The Morgan fingerprint density at radius 2 is 1.79 bits per heavy atom. The Bertz CT molecular complexity index is 1910. The molecule has 0 spiro atoms. The summed E-state index contributed by atoms with van der Waals surface area (Å²) in [6.07, 6.45) is 3.60. The van der Waals surface area contributed by atoms with Crippen LogP contribution in [0.25, 0.3) is 28.0 Å². The standard InChI is InChI=1S/C37H46N6O4/c1-21(2)29-31(22(3)15-16-38-29)43-34-28(19-27(25-13-14-25)30(39-34)26-12-10-11-23(4)32(26)46-9)33(40-35(43)44)42-18-17-41(20-24(42)5)36(45)47-37(6,7)8/h10-12,15-16,19,21,24-25H,13-14,17-18,20H2,1-9H3. The Morgan fingerprint density at radius 1 is 1.04 bits per heavy atom. The molecular weight excluding hydrogens is 592 g/mol. The van der Waals surface area contributed by atoms with Crippen LogP contribution in [0.5, 0.6) is 5.75 Å². The summed E-state index contributed by atoms with van der Waals surface area (Å²) in [6, 6.07) is 10.1. The van der Waals surface area contributed by atoms with Crippen molar-refractivity contribution in [2.24, 2.45) is 0 Å². The molecule has 4 aromatic rings. The van der Waals surface area contributed by atoms with Crippen LogP contribution >= 0.6 is 0 Å². The summed E-state index contributed by atoms with van der Waals surface area (Å²) in [5.41, 5.74) is 5.85. The first-order valence-electron chi connectivity index (χ1n) is 16.6. The summed E-state index contributed by atoms with van der Waals surface area (Å²) in [7, 11) is 1.69. The van der Waals surface area contributed by atoms with Gasteiger partial charge in [0.15, 0.2) is 5.65 Å². The number of hydrogen-bond donors (Lipinski definition) is 0. The van der Waals surface area contributed by atoms with Crippen LogP contribution in [-0.4, -0.2) is 68.9 Å². The van der Waals surface area contributed by atoms with Crippen molar-refractivity contribution in [3.05, 3.63) is 69.4 Å². The van der Waals surface area contributed by atoms with E-state index in [9.17, 15) is 9.59 Å². The zero-order valence-corrected chi connectivity index (χ0v) is 29.0. The Labute approximate surface area is 276 Å². The number of anilines is 1. The molecule has 1 aliphatic heterocycles. The van der Waals surface area contributed by atoms with Crippen LogP contribution in [0, 0.1) is 13.8 Å². The monoisotopic (exact) mass is 638 g/mol. The minimum absolute atomic E-state index is 0.0644. The smallest absolute Gasteiger partial charge is 0.410 e. The lowest BCUT2D eigenvalue weighted by molar-refractivity contribution is 0.0218. The Hall–Kier alpha value is -4.47. The average molecular weight is 639 g/mol. The van der Waals surface area contributed by atoms with E-state index < -0.39 is 11.3 Å². The summed E-state index contributed by atoms with van der Waals surface area (Å²) in [5, 5.41) is 0.803. The van der Waals surface area contributed by atoms with Gasteiger partial charge >= 0.3 is 11.8 Å². The minimum atomic E-state index is -0.582. The molecule has 2 fully saturated rings. The molecule has 10 heteroatoms. The molecule has 1 unspecified atom stereocenters. The lowest BCUT2D eigenvalue weighted by Gasteiger charge is -2.41. The van der Waals surface area contributed by atoms with Gasteiger partial charge in [0.2, 0.25) is 0 Å². The number of para-hydroxylation sites is 1. The third-order valence-corrected chi connectivity index (χ3v) is 9.04. The van der Waals surface area contributed by atoms with Crippen LogP contribution in [-0.2, 0) is 4.74 Å². The van der Waals surface area contributed by atoms with Crippen molar-refractivity contribution in [3.63, 3.8) is 0 Å². The average Bonchev–Trinajstić information content (AvgIpc) is 3.85. The van der Waals surface area contributed by atoms with Crippen LogP contribution < -0.4 is 15.3 Å². The first-order valence-corrected chi connectivity index (χ1v) is 16.6. The van der Waals surface area contributed by atoms with Gasteiger partial charge in [0.05, 0.1) is 29.6 Å². The quantitative estimate of drug-likeness (QED) is 0.224. The molecule has 1 aromatic carbocycles. The van der Waals surface area contributed by atoms with E-state index >= 15 is 0 Å². The molecule has 1 saturated heterocycles. The molecule has 1 saturated carbocycles. The van der Waals surface area contributed by atoms with Crippen molar-refractivity contribution in [2.45, 2.75) is 91.7 Å². The number of benzene rings is 1. The Kier molecular flexibility index (Phi) is 8.48. The summed E-state index contributed by atoms with van der Waals surface area (Å²) in [4.78, 5) is 46.1. The predicted molar refractivity (Wildman–Crippen MR) is 185 cm³/mol. The van der Waals surface area contributed by atoms with E-state index in [0.717, 1.165) is 57.6 Å². The van der Waals surface area contributed by atoms with E-state index in [4.69, 9.17) is 24.4 Å². The zero-order valence-electron chi connectivity index (χ0n) is 29.0. The Balaban J connectivity index is 1.60. The third kappa shape index (κ3) is 6.17. The van der Waals surface area contributed by atoms with Crippen LogP contribution in [0.3, 0.4) is 0 Å². The highest BCUT2D eigenvalue weighted by atomic mass is 16.6. The molecule has 47 heavy (non-hydrogen) atoms. The second kappa shape index (κ2) is 12.3. The van der Waals surface area contributed by atoms with Crippen LogP contribution in [0.2, 0.25) is 0 Å². The summed E-state index contributed by atoms with van der Waals surface area (Å²) in [6.45, 7) is 17.2. The molecular formula is C37H46N6O4. The normalized spacial score (nSPS) is 17.0. The summed E-state index contributed by atoms with van der Waals surface area (Å²) < 4.78 is 13.2. The van der Waals surface area contributed by atoms with Crippen LogP contribution in [0.4, 0.5) is 10.6 Å². The highest BCUT2D eigenvalue weighted by Gasteiger charge is 2.35. The highest BCUT2D eigenvalue weighted by molar-refractivity contribution is 5.92. The maximum absolute atomic E-state index is 14.4. The molecule has 6 rings (SSSR count). The van der Waals surface area contributed by atoms with Gasteiger partial charge in [-0.1, -0.05) is 26.0 Å². The van der Waals surface area contributed by atoms with Crippen molar-refractivity contribution in [2.75, 3.05) is 31.6 Å². The fraction of sp³-hybridized carbons (Fsp3) is 0.486. The molecule has 4 heterocycles. The first-order chi connectivity index (χ1) is 22.3. The van der Waals surface area contributed by atoms with E-state index in [0.29, 0.717) is 42.7 Å². The molecule has 10 nitrogen and oxygen atoms in total. The van der Waals surface area contributed by atoms with Crippen molar-refractivity contribution in [1.82, 2.24) is 24.4 Å². The van der Waals surface area contributed by atoms with Crippen LogP contribution in [0.15, 0.2) is 41.3 Å². The fourth-order valence-electron chi connectivity index (χ4n) is 6.65. The van der Waals surface area contributed by atoms with Crippen molar-refractivity contribution in [1.29, 1.82) is 0 Å². The van der Waals surface area contributed by atoms with Crippen molar-refractivity contribution >= 4 is 22.9 Å². The first kappa shape index (κ1) is 32.5. The number of amides is 1. The number of aromatic nitrogens is 4. The number of aryl methyl sites for hydroxylation is 2. The van der Waals surface area contributed by atoms with Gasteiger partial charge < -0.3 is 19.3 Å². The lowest BCUT2D eigenvalue weighted by atomic mass is 9.98. The molecule has 1 amide bonds. The number of piperazine rings is 1. The van der Waals surface area contributed by atoms with E-state index in [2.05, 4.69) is 31.7 Å². The van der Waals surface area contributed by atoms with E-state index in [1.807, 2.05) is 58.9 Å². The maximum atomic E-state index is 14.4. The number of rotatable bonds is 6. The van der Waals surface area contributed by atoms with E-state index in [-0.39, 0.29) is 18.1 Å². The molecule has 0 radical (unpaired) electrons. The molecule has 248 valence electrons. The van der Waals surface area contributed by atoms with Crippen molar-refractivity contribution in [3.8, 4) is 22.7 Å². The molecule has 1 atom stereocenters. The molecule has 3 aromatic heterocycles. The van der Waals surface area contributed by atoms with E-state index in [1.165, 1.54) is 0 Å². The fourth-order valence-corrected chi connectivity index (χ4v) is 6.65. The van der Waals surface area contributed by atoms with E-state index in [1.54, 1.807) is 22.8 Å². The summed E-state index contributed by atoms with van der Waals surface area (Å²) >= 11 is 0. The number of carbonyl (C=O) groups excluding carboxylic acids is 1. The SMILES string of the molecule is COc1c(C)cccc1-c1nc2c(cc1C1CC1)c(N1CCN(C(=O)OC(C)(C)C)CC1C)nc(=O)n2-c1c(C)ccnc1C(C)C. The van der Waals surface area contributed by atoms with Gasteiger partial charge in [0, 0.05) is 37.4 Å². The van der Waals surface area contributed by atoms with Gasteiger partial charge in [-0.05, 0) is 101 Å². The lowest BCUT2D eigenvalue weighted by Crippen LogP contribution is -2.55. The number of pyridine rings is 2. The maximum Gasteiger partial charge on any atom is 0.410 e. The molecule has 0 bridgehead atoms. The number of ether oxygens (including phenoxy) is 2. The molecule has 1 aliphatic carbocycles. The number of methoxy groups -OCH3 is 1. The Morgan fingerprint density at radius 3 is 2.43 bits per heavy atom. The highest BCUT2D eigenvalue weighted by Crippen LogP contribution is 2.47. The molecule has 2 aliphatic rings. The number of carbonyl (C=O) groups is 1.